The average molecular weight is 244 g/mol. The molecule has 0 saturated heterocycles. The van der Waals surface area contributed by atoms with Crippen molar-refractivity contribution in [3.8, 4) is 0 Å². The second kappa shape index (κ2) is 4.46. The Morgan fingerprint density at radius 1 is 0.941 bits per heavy atom. The van der Waals surface area contributed by atoms with E-state index in [1.807, 2.05) is 39.0 Å². The summed E-state index contributed by atoms with van der Waals surface area (Å²) in [5.41, 5.74) is 4.26. The molecule has 0 aliphatic heterocycles. The molecule has 0 bridgehead atoms. The second-order valence-corrected chi connectivity index (χ2v) is 5.75. The molecule has 0 spiro atoms. The summed E-state index contributed by atoms with van der Waals surface area (Å²) in [6.45, 7) is 8.13. The lowest BCUT2D eigenvalue weighted by Gasteiger charge is -2.04. The fourth-order valence-corrected chi connectivity index (χ4v) is 2.87. The van der Waals surface area contributed by atoms with Crippen molar-refractivity contribution in [2.24, 2.45) is 0 Å². The van der Waals surface area contributed by atoms with Crippen LogP contribution in [0.5, 0.6) is 0 Å². The fourth-order valence-electron chi connectivity index (χ4n) is 1.88. The summed E-state index contributed by atoms with van der Waals surface area (Å²) in [7, 11) is 0. The van der Waals surface area contributed by atoms with Crippen molar-refractivity contribution in [1.82, 2.24) is 0 Å². The summed E-state index contributed by atoms with van der Waals surface area (Å²) in [4.78, 5) is 14.4. The van der Waals surface area contributed by atoms with Crippen LogP contribution in [0.2, 0.25) is 0 Å². The average Bonchev–Trinajstić information content (AvgIpc) is 2.61. The van der Waals surface area contributed by atoms with E-state index in [9.17, 15) is 4.79 Å². The number of ketones is 1. The number of thiophene rings is 1. The Morgan fingerprint density at radius 3 is 2.18 bits per heavy atom. The van der Waals surface area contributed by atoms with E-state index in [2.05, 4.69) is 13.0 Å². The number of benzene rings is 1. The highest BCUT2D eigenvalue weighted by Crippen LogP contribution is 2.24. The molecule has 1 nitrogen and oxygen atoms in total. The number of rotatable bonds is 2. The van der Waals surface area contributed by atoms with Crippen LogP contribution in [0.4, 0.5) is 0 Å². The predicted octanol–water partition coefficient (Wildman–Crippen LogP) is 4.21. The number of carbonyl (C=O) groups excluding carboxylic acids is 1. The quantitative estimate of drug-likeness (QED) is 0.723. The first-order chi connectivity index (χ1) is 7.99. The molecule has 0 unspecified atom stereocenters. The molecule has 0 N–H and O–H groups in total. The summed E-state index contributed by atoms with van der Waals surface area (Å²) in [5.74, 6) is 0.142. The first-order valence-electron chi connectivity index (χ1n) is 5.68. The Labute approximate surface area is 106 Å². The summed E-state index contributed by atoms with van der Waals surface area (Å²) in [5, 5.41) is 0. The summed E-state index contributed by atoms with van der Waals surface area (Å²) < 4.78 is 0. The Bertz CT molecular complexity index is 579. The van der Waals surface area contributed by atoms with Crippen LogP contribution in [0.1, 0.15) is 36.8 Å². The van der Waals surface area contributed by atoms with E-state index in [4.69, 9.17) is 0 Å². The van der Waals surface area contributed by atoms with Gasteiger partial charge in [0.1, 0.15) is 0 Å². The second-order valence-electron chi connectivity index (χ2n) is 4.50. The summed E-state index contributed by atoms with van der Waals surface area (Å²) in [6.07, 6.45) is 0. The molecule has 88 valence electrons. The first-order valence-corrected chi connectivity index (χ1v) is 6.49. The molecule has 0 aliphatic rings. The van der Waals surface area contributed by atoms with Gasteiger partial charge in [-0.05, 0) is 56.5 Å². The van der Waals surface area contributed by atoms with Gasteiger partial charge in [-0.25, -0.2) is 0 Å². The lowest BCUT2D eigenvalue weighted by Crippen LogP contribution is -2.01. The zero-order chi connectivity index (χ0) is 12.6. The summed E-state index contributed by atoms with van der Waals surface area (Å²) >= 11 is 1.58. The van der Waals surface area contributed by atoms with Crippen molar-refractivity contribution in [2.75, 3.05) is 0 Å². The third-order valence-electron chi connectivity index (χ3n) is 3.02. The Hall–Kier alpha value is -1.41. The van der Waals surface area contributed by atoms with E-state index < -0.39 is 0 Å². The molecule has 1 heterocycles. The van der Waals surface area contributed by atoms with Crippen LogP contribution in [0.25, 0.3) is 0 Å². The monoisotopic (exact) mass is 244 g/mol. The van der Waals surface area contributed by atoms with Gasteiger partial charge >= 0.3 is 0 Å². The zero-order valence-electron chi connectivity index (χ0n) is 10.6. The van der Waals surface area contributed by atoms with E-state index in [1.54, 1.807) is 11.3 Å². The van der Waals surface area contributed by atoms with Gasteiger partial charge in [0, 0.05) is 10.4 Å². The Balaban J connectivity index is 2.44. The smallest absolute Gasteiger partial charge is 0.203 e. The SMILES string of the molecule is Cc1cc(C)c(C(=O)c2ccc(C)c(C)c2)s1. The van der Waals surface area contributed by atoms with Crippen LogP contribution in [0.15, 0.2) is 24.3 Å². The maximum absolute atomic E-state index is 12.4. The zero-order valence-corrected chi connectivity index (χ0v) is 11.4. The standard InChI is InChI=1S/C15H16OS/c1-9-5-6-13(8-10(9)2)14(16)15-11(3)7-12(4)17-15/h5-8H,1-4H3. The van der Waals surface area contributed by atoms with Crippen molar-refractivity contribution < 1.29 is 4.79 Å². The van der Waals surface area contributed by atoms with Gasteiger partial charge in [0.15, 0.2) is 0 Å². The van der Waals surface area contributed by atoms with Crippen molar-refractivity contribution >= 4 is 17.1 Å². The van der Waals surface area contributed by atoms with Crippen molar-refractivity contribution in [1.29, 1.82) is 0 Å². The van der Waals surface area contributed by atoms with Gasteiger partial charge in [0.25, 0.3) is 0 Å². The fraction of sp³-hybridized carbons (Fsp3) is 0.267. The van der Waals surface area contributed by atoms with Crippen LogP contribution in [-0.4, -0.2) is 5.78 Å². The van der Waals surface area contributed by atoms with E-state index in [0.29, 0.717) is 0 Å². The molecule has 0 fully saturated rings. The van der Waals surface area contributed by atoms with Crippen molar-refractivity contribution in [3.63, 3.8) is 0 Å². The lowest BCUT2D eigenvalue weighted by molar-refractivity contribution is 0.104. The van der Waals surface area contributed by atoms with E-state index in [-0.39, 0.29) is 5.78 Å². The van der Waals surface area contributed by atoms with Gasteiger partial charge < -0.3 is 0 Å². The first kappa shape index (κ1) is 12.1. The molecule has 0 saturated carbocycles. The van der Waals surface area contributed by atoms with Crippen LogP contribution in [-0.2, 0) is 0 Å². The number of carbonyl (C=O) groups is 1. The van der Waals surface area contributed by atoms with Crippen LogP contribution in [0, 0.1) is 27.7 Å². The normalized spacial score (nSPS) is 10.6. The van der Waals surface area contributed by atoms with E-state index in [0.717, 1.165) is 16.0 Å². The third kappa shape index (κ3) is 2.32. The van der Waals surface area contributed by atoms with Gasteiger partial charge in [0.2, 0.25) is 5.78 Å². The highest BCUT2D eigenvalue weighted by Gasteiger charge is 2.14. The molecule has 0 atom stereocenters. The molecule has 1 aromatic heterocycles. The van der Waals surface area contributed by atoms with Gasteiger partial charge in [-0.15, -0.1) is 11.3 Å². The molecule has 2 aromatic rings. The minimum atomic E-state index is 0.142. The molecule has 1 aromatic carbocycles. The van der Waals surface area contributed by atoms with E-state index in [1.165, 1.54) is 16.0 Å². The molecule has 2 heteroatoms. The topological polar surface area (TPSA) is 17.1 Å². The minimum absolute atomic E-state index is 0.142. The predicted molar refractivity (Wildman–Crippen MR) is 73.1 cm³/mol. The van der Waals surface area contributed by atoms with E-state index >= 15 is 0 Å². The number of hydrogen-bond acceptors (Lipinski definition) is 2. The largest absolute Gasteiger partial charge is 0.288 e. The van der Waals surface area contributed by atoms with Gasteiger partial charge in [-0.2, -0.15) is 0 Å². The molecule has 0 radical (unpaired) electrons. The van der Waals surface area contributed by atoms with Crippen LogP contribution < -0.4 is 0 Å². The van der Waals surface area contributed by atoms with Crippen LogP contribution in [0.3, 0.4) is 0 Å². The molecule has 0 aliphatic carbocycles. The maximum Gasteiger partial charge on any atom is 0.203 e. The molecule has 0 amide bonds. The van der Waals surface area contributed by atoms with Gasteiger partial charge in [-0.3, -0.25) is 4.79 Å². The van der Waals surface area contributed by atoms with Crippen molar-refractivity contribution in [3.05, 3.63) is 56.3 Å². The third-order valence-corrected chi connectivity index (χ3v) is 4.17. The molecule has 2 rings (SSSR count). The van der Waals surface area contributed by atoms with Crippen molar-refractivity contribution in [2.45, 2.75) is 27.7 Å². The molecule has 17 heavy (non-hydrogen) atoms. The minimum Gasteiger partial charge on any atom is -0.288 e. The van der Waals surface area contributed by atoms with Gasteiger partial charge in [0.05, 0.1) is 4.88 Å². The Morgan fingerprint density at radius 2 is 1.65 bits per heavy atom. The number of aryl methyl sites for hydroxylation is 4. The Kier molecular flexibility index (Phi) is 3.16. The van der Waals surface area contributed by atoms with Gasteiger partial charge in [-0.1, -0.05) is 12.1 Å². The van der Waals surface area contributed by atoms with Crippen LogP contribution >= 0.6 is 11.3 Å². The summed E-state index contributed by atoms with van der Waals surface area (Å²) in [6, 6.07) is 7.97. The molecular weight excluding hydrogens is 228 g/mol. The highest BCUT2D eigenvalue weighted by molar-refractivity contribution is 7.14. The molecular formula is C15H16OS. The lowest BCUT2D eigenvalue weighted by atomic mass is 10.0. The number of hydrogen-bond donors (Lipinski definition) is 0. The highest BCUT2D eigenvalue weighted by atomic mass is 32.1. The maximum atomic E-state index is 12.4.